The van der Waals surface area contributed by atoms with Crippen LogP contribution in [0, 0.1) is 6.92 Å². The monoisotopic (exact) mass is 222 g/mol. The topological polar surface area (TPSA) is 75.4 Å². The molecule has 5 heteroatoms. The number of rotatable bonds is 2. The van der Waals surface area contributed by atoms with E-state index in [1.165, 1.54) is 0 Å². The molecule has 0 spiro atoms. The van der Waals surface area contributed by atoms with Crippen LogP contribution in [0.25, 0.3) is 5.57 Å². The van der Waals surface area contributed by atoms with Gasteiger partial charge in [0.1, 0.15) is 5.76 Å². The molecule has 0 saturated heterocycles. The lowest BCUT2D eigenvalue weighted by molar-refractivity contribution is 0.189. The van der Waals surface area contributed by atoms with E-state index in [0.29, 0.717) is 12.3 Å². The summed E-state index contributed by atoms with van der Waals surface area (Å²) < 4.78 is 5.42. The Morgan fingerprint density at radius 1 is 1.69 bits per heavy atom. The highest BCUT2D eigenvalue weighted by molar-refractivity contribution is 5.66. The molecule has 1 aliphatic rings. The number of allylic oxidation sites excluding steroid dienone is 1. The fourth-order valence-corrected chi connectivity index (χ4v) is 1.87. The summed E-state index contributed by atoms with van der Waals surface area (Å²) in [6.45, 7) is 1.81. The van der Waals surface area contributed by atoms with Gasteiger partial charge in [0.25, 0.3) is 0 Å². The zero-order chi connectivity index (χ0) is 11.5. The molecule has 0 fully saturated rings. The van der Waals surface area contributed by atoms with E-state index in [9.17, 15) is 4.79 Å². The number of hydrogen-bond donors (Lipinski definition) is 2. The van der Waals surface area contributed by atoms with Gasteiger partial charge in [-0.05, 0) is 24.8 Å². The van der Waals surface area contributed by atoms with Crippen LogP contribution < -0.4 is 5.32 Å². The molecule has 2 N–H and O–H groups in total. The van der Waals surface area contributed by atoms with Crippen molar-refractivity contribution in [1.29, 1.82) is 0 Å². The van der Waals surface area contributed by atoms with E-state index in [4.69, 9.17) is 9.52 Å². The number of oxazole rings is 1. The van der Waals surface area contributed by atoms with Gasteiger partial charge in [-0.25, -0.2) is 9.78 Å². The van der Waals surface area contributed by atoms with Gasteiger partial charge in [-0.15, -0.1) is 0 Å². The molecule has 1 amide bonds. The summed E-state index contributed by atoms with van der Waals surface area (Å²) in [4.78, 5) is 14.5. The minimum atomic E-state index is -0.961. The Balaban J connectivity index is 2.00. The van der Waals surface area contributed by atoms with Gasteiger partial charge in [0.05, 0.1) is 6.20 Å². The van der Waals surface area contributed by atoms with Gasteiger partial charge in [0, 0.05) is 13.0 Å². The fourth-order valence-electron chi connectivity index (χ4n) is 1.87. The molecule has 0 saturated carbocycles. The molecule has 1 atom stereocenters. The number of aryl methyl sites for hydroxylation is 1. The fraction of sp³-hybridized carbons (Fsp3) is 0.455. The van der Waals surface area contributed by atoms with Gasteiger partial charge < -0.3 is 14.8 Å². The normalized spacial score (nSPS) is 20.3. The molecule has 16 heavy (non-hydrogen) atoms. The lowest BCUT2D eigenvalue weighted by Crippen LogP contribution is -2.34. The molecule has 1 aromatic rings. The quantitative estimate of drug-likeness (QED) is 0.804. The van der Waals surface area contributed by atoms with Crippen molar-refractivity contribution in [2.45, 2.75) is 32.2 Å². The molecule has 0 aliphatic heterocycles. The molecule has 0 bridgehead atoms. The highest BCUT2D eigenvalue weighted by atomic mass is 16.4. The van der Waals surface area contributed by atoms with Crippen LogP contribution in [0.1, 0.15) is 30.9 Å². The largest absolute Gasteiger partial charge is 0.465 e. The Bertz CT molecular complexity index is 423. The van der Waals surface area contributed by atoms with E-state index in [1.54, 1.807) is 6.20 Å². The summed E-state index contributed by atoms with van der Waals surface area (Å²) in [6, 6.07) is 0.0188. The van der Waals surface area contributed by atoms with E-state index in [1.807, 2.05) is 13.0 Å². The summed E-state index contributed by atoms with van der Waals surface area (Å²) in [6.07, 6.45) is 5.10. The van der Waals surface area contributed by atoms with E-state index in [-0.39, 0.29) is 6.04 Å². The number of amides is 1. The maximum atomic E-state index is 10.5. The maximum Gasteiger partial charge on any atom is 0.404 e. The second kappa shape index (κ2) is 4.38. The van der Waals surface area contributed by atoms with Gasteiger partial charge >= 0.3 is 6.09 Å². The van der Waals surface area contributed by atoms with Crippen LogP contribution in [0.2, 0.25) is 0 Å². The van der Waals surface area contributed by atoms with E-state index in [2.05, 4.69) is 10.3 Å². The SMILES string of the molecule is Cc1ncc(C2=CCC(NC(=O)O)CC2)o1. The standard InChI is InChI=1S/C11H14N2O3/c1-7-12-6-10(16-7)8-2-4-9(5-3-8)13-11(14)15/h2,6,9,13H,3-5H2,1H3,(H,14,15). The summed E-state index contributed by atoms with van der Waals surface area (Å²) in [5.41, 5.74) is 1.11. The van der Waals surface area contributed by atoms with Crippen molar-refractivity contribution in [1.82, 2.24) is 10.3 Å². The van der Waals surface area contributed by atoms with Gasteiger partial charge in [0.2, 0.25) is 0 Å². The predicted molar refractivity (Wildman–Crippen MR) is 58.0 cm³/mol. The average molecular weight is 222 g/mol. The van der Waals surface area contributed by atoms with Crippen molar-refractivity contribution in [3.8, 4) is 0 Å². The third kappa shape index (κ3) is 2.42. The van der Waals surface area contributed by atoms with Crippen molar-refractivity contribution in [2.75, 3.05) is 0 Å². The first-order valence-electron chi connectivity index (χ1n) is 5.26. The smallest absolute Gasteiger partial charge is 0.404 e. The third-order valence-electron chi connectivity index (χ3n) is 2.68. The average Bonchev–Trinajstić information content (AvgIpc) is 2.65. The number of carbonyl (C=O) groups is 1. The van der Waals surface area contributed by atoms with Gasteiger partial charge in [-0.3, -0.25) is 0 Å². The summed E-state index contributed by atoms with van der Waals surface area (Å²) >= 11 is 0. The van der Waals surface area contributed by atoms with Crippen LogP contribution in [-0.4, -0.2) is 22.2 Å². The second-order valence-corrected chi connectivity index (χ2v) is 3.89. The minimum Gasteiger partial charge on any atom is -0.465 e. The molecule has 2 rings (SSSR count). The number of carboxylic acid groups (broad SMARTS) is 1. The van der Waals surface area contributed by atoms with Crippen molar-refractivity contribution >= 4 is 11.7 Å². The molecule has 1 aromatic heterocycles. The highest BCUT2D eigenvalue weighted by Gasteiger charge is 2.18. The van der Waals surface area contributed by atoms with Crippen LogP contribution >= 0.6 is 0 Å². The molecule has 0 radical (unpaired) electrons. The van der Waals surface area contributed by atoms with Crippen LogP contribution in [-0.2, 0) is 0 Å². The molecule has 1 heterocycles. The minimum absolute atomic E-state index is 0.0188. The highest BCUT2D eigenvalue weighted by Crippen LogP contribution is 2.27. The van der Waals surface area contributed by atoms with Gasteiger partial charge in [0.15, 0.2) is 5.89 Å². The Morgan fingerprint density at radius 3 is 3.00 bits per heavy atom. The van der Waals surface area contributed by atoms with E-state index >= 15 is 0 Å². The maximum absolute atomic E-state index is 10.5. The lowest BCUT2D eigenvalue weighted by atomic mass is 9.94. The van der Waals surface area contributed by atoms with Crippen molar-refractivity contribution < 1.29 is 14.3 Å². The van der Waals surface area contributed by atoms with Crippen molar-refractivity contribution in [3.05, 3.63) is 23.9 Å². The van der Waals surface area contributed by atoms with E-state index in [0.717, 1.165) is 24.2 Å². The molecule has 1 aliphatic carbocycles. The summed E-state index contributed by atoms with van der Waals surface area (Å²) in [5.74, 6) is 1.45. The third-order valence-corrected chi connectivity index (χ3v) is 2.68. The molecular formula is C11H14N2O3. The Labute approximate surface area is 93.2 Å². The van der Waals surface area contributed by atoms with E-state index < -0.39 is 6.09 Å². The lowest BCUT2D eigenvalue weighted by Gasteiger charge is -2.20. The first-order valence-corrected chi connectivity index (χ1v) is 5.26. The summed E-state index contributed by atoms with van der Waals surface area (Å²) in [7, 11) is 0. The van der Waals surface area contributed by atoms with Gasteiger partial charge in [-0.1, -0.05) is 6.08 Å². The molecular weight excluding hydrogens is 208 g/mol. The zero-order valence-electron chi connectivity index (χ0n) is 9.06. The van der Waals surface area contributed by atoms with Gasteiger partial charge in [-0.2, -0.15) is 0 Å². The van der Waals surface area contributed by atoms with Crippen LogP contribution in [0.15, 0.2) is 16.7 Å². The number of nitrogens with one attached hydrogen (secondary N) is 1. The second-order valence-electron chi connectivity index (χ2n) is 3.89. The van der Waals surface area contributed by atoms with Crippen LogP contribution in [0.3, 0.4) is 0 Å². The Kier molecular flexibility index (Phi) is 2.94. The molecule has 1 unspecified atom stereocenters. The zero-order valence-corrected chi connectivity index (χ0v) is 9.06. The Morgan fingerprint density at radius 2 is 2.50 bits per heavy atom. The number of aromatic nitrogens is 1. The van der Waals surface area contributed by atoms with Crippen LogP contribution in [0.5, 0.6) is 0 Å². The Hall–Kier alpha value is -1.78. The molecule has 86 valence electrons. The number of nitrogens with zero attached hydrogens (tertiary/aromatic N) is 1. The number of hydrogen-bond acceptors (Lipinski definition) is 3. The molecule has 0 aromatic carbocycles. The molecule has 5 nitrogen and oxygen atoms in total. The van der Waals surface area contributed by atoms with Crippen molar-refractivity contribution in [3.63, 3.8) is 0 Å². The first-order chi connectivity index (χ1) is 7.65. The van der Waals surface area contributed by atoms with Crippen molar-refractivity contribution in [2.24, 2.45) is 0 Å². The first kappa shape index (κ1) is 10.7. The predicted octanol–water partition coefficient (Wildman–Crippen LogP) is 2.19. The van der Waals surface area contributed by atoms with Crippen LogP contribution in [0.4, 0.5) is 4.79 Å². The summed E-state index contributed by atoms with van der Waals surface area (Å²) in [5, 5.41) is 11.1.